The topological polar surface area (TPSA) is 17.1 Å². The molecule has 1 nitrogen and oxygen atoms in total. The molecular weight excluding hydrogens is 215 g/mol. The Kier molecular flexibility index (Phi) is 2.46. The van der Waals surface area contributed by atoms with Crippen LogP contribution in [0.2, 0.25) is 5.02 Å². The summed E-state index contributed by atoms with van der Waals surface area (Å²) >= 11 is 8.48. The molecule has 0 saturated carbocycles. The van der Waals surface area contributed by atoms with Gasteiger partial charge in [0.25, 0.3) is 0 Å². The van der Waals surface area contributed by atoms with Crippen molar-refractivity contribution in [1.82, 2.24) is 0 Å². The second-order valence-corrected chi connectivity index (χ2v) is 2.88. The highest BCUT2D eigenvalue weighted by Crippen LogP contribution is 2.17. The Morgan fingerprint density at radius 3 is 2.40 bits per heavy atom. The van der Waals surface area contributed by atoms with E-state index in [9.17, 15) is 4.79 Å². The average Bonchev–Trinajstić information content (AvgIpc) is 1.88. The summed E-state index contributed by atoms with van der Waals surface area (Å²) in [6.07, 6.45) is 0. The fraction of sp³-hybridized carbons (Fsp3) is 0. The third-order valence-electron chi connectivity index (χ3n) is 1.09. The fourth-order valence-corrected chi connectivity index (χ4v) is 1.30. The first-order valence-electron chi connectivity index (χ1n) is 2.66. The molecule has 0 aromatic heterocycles. The Hall–Kier alpha value is -0.340. The number of carbonyl (C=O) groups is 1. The Morgan fingerprint density at radius 1 is 1.40 bits per heavy atom. The van der Waals surface area contributed by atoms with Crippen molar-refractivity contribution in [1.29, 1.82) is 0 Å². The van der Waals surface area contributed by atoms with Crippen LogP contribution in [0.25, 0.3) is 0 Å². The summed E-state index contributed by atoms with van der Waals surface area (Å²) in [7, 11) is 0. The number of halogens is 2. The average molecular weight is 219 g/mol. The number of benzene rings is 1. The van der Waals surface area contributed by atoms with Gasteiger partial charge in [-0.25, -0.2) is 0 Å². The van der Waals surface area contributed by atoms with E-state index in [0.29, 0.717) is 10.6 Å². The molecule has 0 atom stereocenters. The molecule has 1 aromatic carbocycles. The molecule has 52 valence electrons. The Bertz CT molecular complexity index is 260. The van der Waals surface area contributed by atoms with Crippen molar-refractivity contribution in [3.63, 3.8) is 0 Å². The summed E-state index contributed by atoms with van der Waals surface area (Å²) in [4.78, 5) is 10.7. The van der Waals surface area contributed by atoms with Gasteiger partial charge in [0.05, 0.1) is 5.02 Å². The van der Waals surface area contributed by atoms with E-state index in [2.05, 4.69) is 15.9 Å². The molecule has 0 amide bonds. The maximum absolute atomic E-state index is 10.7. The van der Waals surface area contributed by atoms with Crippen LogP contribution in [0.4, 0.5) is 0 Å². The van der Waals surface area contributed by atoms with Crippen LogP contribution in [0.1, 0.15) is 10.4 Å². The van der Waals surface area contributed by atoms with Crippen LogP contribution in [0.15, 0.2) is 24.3 Å². The highest BCUT2D eigenvalue weighted by Gasteiger charge is 2.03. The lowest BCUT2D eigenvalue weighted by molar-refractivity contribution is 0.109. The van der Waals surface area contributed by atoms with Gasteiger partial charge in [-0.1, -0.05) is 23.7 Å². The maximum Gasteiger partial charge on any atom is 0.229 e. The van der Waals surface area contributed by atoms with Crippen LogP contribution in [-0.4, -0.2) is 4.69 Å². The third kappa shape index (κ3) is 1.58. The molecule has 0 aliphatic heterocycles. The van der Waals surface area contributed by atoms with E-state index in [-0.39, 0.29) is 4.69 Å². The van der Waals surface area contributed by atoms with Gasteiger partial charge in [-0.15, -0.1) is 0 Å². The lowest BCUT2D eigenvalue weighted by atomic mass is 10.2. The van der Waals surface area contributed by atoms with Crippen molar-refractivity contribution < 1.29 is 4.79 Å². The van der Waals surface area contributed by atoms with Gasteiger partial charge in [-0.05, 0) is 28.1 Å². The highest BCUT2D eigenvalue weighted by molar-refractivity contribution is 9.18. The lowest BCUT2D eigenvalue weighted by Gasteiger charge is -1.94. The molecule has 3 heteroatoms. The number of carbonyl (C=O) groups excluding carboxylic acids is 1. The van der Waals surface area contributed by atoms with Crippen molar-refractivity contribution in [3.05, 3.63) is 34.9 Å². The summed E-state index contributed by atoms with van der Waals surface area (Å²) in [5.41, 5.74) is 0.504. The third-order valence-corrected chi connectivity index (χ3v) is 1.84. The molecule has 0 radical (unpaired) electrons. The fourth-order valence-electron chi connectivity index (χ4n) is 0.621. The minimum atomic E-state index is -0.182. The Labute approximate surface area is 72.1 Å². The van der Waals surface area contributed by atoms with E-state index in [1.54, 1.807) is 24.3 Å². The Morgan fingerprint density at radius 2 is 2.00 bits per heavy atom. The standard InChI is InChI=1S/C7H4BrClO/c8-7(10)5-3-1-2-4-6(5)9/h1-4H. The van der Waals surface area contributed by atoms with Crippen molar-refractivity contribution in [2.75, 3.05) is 0 Å². The van der Waals surface area contributed by atoms with E-state index >= 15 is 0 Å². The molecule has 10 heavy (non-hydrogen) atoms. The van der Waals surface area contributed by atoms with Gasteiger partial charge in [-0.2, -0.15) is 0 Å². The smallest absolute Gasteiger partial charge is 0.229 e. The van der Waals surface area contributed by atoms with Crippen LogP contribution in [-0.2, 0) is 0 Å². The quantitative estimate of drug-likeness (QED) is 0.664. The molecule has 0 bridgehead atoms. The maximum atomic E-state index is 10.7. The molecule has 1 aromatic rings. The van der Waals surface area contributed by atoms with E-state index in [1.165, 1.54) is 0 Å². The number of hydrogen-bond acceptors (Lipinski definition) is 1. The van der Waals surface area contributed by atoms with Crippen LogP contribution in [0.3, 0.4) is 0 Å². The Balaban J connectivity index is 3.15. The van der Waals surface area contributed by atoms with Crippen LogP contribution in [0.5, 0.6) is 0 Å². The summed E-state index contributed by atoms with van der Waals surface area (Å²) < 4.78 is -0.182. The van der Waals surface area contributed by atoms with Gasteiger partial charge in [0.2, 0.25) is 4.69 Å². The molecule has 0 heterocycles. The van der Waals surface area contributed by atoms with E-state index in [0.717, 1.165) is 0 Å². The summed E-state index contributed by atoms with van der Waals surface area (Å²) in [5, 5.41) is 0.476. The second-order valence-electron chi connectivity index (χ2n) is 1.75. The zero-order valence-corrected chi connectivity index (χ0v) is 7.32. The van der Waals surface area contributed by atoms with Gasteiger partial charge in [0.15, 0.2) is 0 Å². The molecule has 1 rings (SSSR count). The van der Waals surface area contributed by atoms with Gasteiger partial charge < -0.3 is 0 Å². The molecule has 0 fully saturated rings. The highest BCUT2D eigenvalue weighted by atomic mass is 79.9. The van der Waals surface area contributed by atoms with Crippen LogP contribution < -0.4 is 0 Å². The lowest BCUT2D eigenvalue weighted by Crippen LogP contribution is -1.87. The SMILES string of the molecule is O=C(Br)c1ccccc1Cl. The van der Waals surface area contributed by atoms with Crippen LogP contribution >= 0.6 is 27.5 Å². The largest absolute Gasteiger partial charge is 0.281 e. The predicted octanol–water partition coefficient (Wildman–Crippen LogP) is 2.88. The second kappa shape index (κ2) is 3.17. The normalized spacial score (nSPS) is 9.40. The summed E-state index contributed by atoms with van der Waals surface area (Å²) in [5.74, 6) is 0. The molecule has 0 spiro atoms. The van der Waals surface area contributed by atoms with Gasteiger partial charge in [0, 0.05) is 5.56 Å². The van der Waals surface area contributed by atoms with Crippen molar-refractivity contribution in [3.8, 4) is 0 Å². The predicted molar refractivity (Wildman–Crippen MR) is 44.7 cm³/mol. The van der Waals surface area contributed by atoms with E-state index in [1.807, 2.05) is 0 Å². The summed E-state index contributed by atoms with van der Waals surface area (Å²) in [6.45, 7) is 0. The molecule has 0 aliphatic carbocycles. The van der Waals surface area contributed by atoms with Gasteiger partial charge in [0.1, 0.15) is 0 Å². The molecular formula is C7H4BrClO. The number of rotatable bonds is 1. The van der Waals surface area contributed by atoms with Crippen LogP contribution in [0, 0.1) is 0 Å². The minimum absolute atomic E-state index is 0.182. The molecule has 0 unspecified atom stereocenters. The zero-order valence-electron chi connectivity index (χ0n) is 4.97. The first kappa shape index (κ1) is 7.76. The van der Waals surface area contributed by atoms with Gasteiger partial charge in [-0.3, -0.25) is 4.79 Å². The van der Waals surface area contributed by atoms with Crippen molar-refractivity contribution in [2.45, 2.75) is 0 Å². The number of hydrogen-bond donors (Lipinski definition) is 0. The first-order chi connectivity index (χ1) is 4.72. The molecule has 0 N–H and O–H groups in total. The van der Waals surface area contributed by atoms with Crippen molar-refractivity contribution in [2.24, 2.45) is 0 Å². The van der Waals surface area contributed by atoms with Crippen molar-refractivity contribution >= 4 is 32.2 Å². The summed E-state index contributed by atoms with van der Waals surface area (Å²) in [6, 6.07) is 6.89. The monoisotopic (exact) mass is 218 g/mol. The molecule has 0 saturated heterocycles. The zero-order chi connectivity index (χ0) is 7.56. The minimum Gasteiger partial charge on any atom is -0.281 e. The molecule has 0 aliphatic rings. The van der Waals surface area contributed by atoms with E-state index in [4.69, 9.17) is 11.6 Å². The first-order valence-corrected chi connectivity index (χ1v) is 3.83. The van der Waals surface area contributed by atoms with Gasteiger partial charge >= 0.3 is 0 Å². The van der Waals surface area contributed by atoms with E-state index < -0.39 is 0 Å².